The van der Waals surface area contributed by atoms with Crippen molar-refractivity contribution in [3.63, 3.8) is 0 Å². The van der Waals surface area contributed by atoms with E-state index in [2.05, 4.69) is 52.7 Å². The molecule has 1 saturated heterocycles. The highest BCUT2D eigenvalue weighted by atomic mass is 16.5. The van der Waals surface area contributed by atoms with Crippen molar-refractivity contribution in [2.24, 2.45) is 5.92 Å². The van der Waals surface area contributed by atoms with E-state index in [-0.39, 0.29) is 0 Å². The van der Waals surface area contributed by atoms with Crippen LogP contribution in [0.25, 0.3) is 0 Å². The Kier molecular flexibility index (Phi) is 5.95. The molecule has 0 saturated carbocycles. The minimum absolute atomic E-state index is 0.374. The van der Waals surface area contributed by atoms with Gasteiger partial charge in [0.05, 0.1) is 13.7 Å². The van der Waals surface area contributed by atoms with E-state index in [1.54, 1.807) is 7.11 Å². The van der Waals surface area contributed by atoms with Gasteiger partial charge in [0.2, 0.25) is 0 Å². The van der Waals surface area contributed by atoms with Gasteiger partial charge < -0.3 is 14.8 Å². The van der Waals surface area contributed by atoms with Crippen LogP contribution in [0.4, 0.5) is 0 Å². The molecule has 2 aliphatic rings. The summed E-state index contributed by atoms with van der Waals surface area (Å²) in [6.07, 6.45) is 3.55. The average Bonchev–Trinajstić information content (AvgIpc) is 2.74. The van der Waals surface area contributed by atoms with Crippen molar-refractivity contribution in [2.75, 3.05) is 33.4 Å². The maximum atomic E-state index is 5.95. The fraction of sp³-hybridized carbons (Fsp3) is 0.478. The zero-order valence-corrected chi connectivity index (χ0v) is 16.2. The molecule has 0 bridgehead atoms. The van der Waals surface area contributed by atoms with Gasteiger partial charge in [-0.2, -0.15) is 0 Å². The highest BCUT2D eigenvalue weighted by Crippen LogP contribution is 2.39. The predicted octanol–water partition coefficient (Wildman–Crippen LogP) is 4.02. The molecule has 4 heteroatoms. The van der Waals surface area contributed by atoms with E-state index in [9.17, 15) is 0 Å². The molecule has 144 valence electrons. The summed E-state index contributed by atoms with van der Waals surface area (Å²) in [5.74, 6) is 2.67. The first kappa shape index (κ1) is 18.3. The molecular weight excluding hydrogens is 336 g/mol. The van der Waals surface area contributed by atoms with E-state index in [0.717, 1.165) is 56.6 Å². The van der Waals surface area contributed by atoms with Gasteiger partial charge in [0, 0.05) is 31.1 Å². The molecule has 2 aromatic rings. The highest BCUT2D eigenvalue weighted by Gasteiger charge is 2.29. The van der Waals surface area contributed by atoms with Gasteiger partial charge in [0.1, 0.15) is 11.5 Å². The summed E-state index contributed by atoms with van der Waals surface area (Å²) in [4.78, 5) is 2.67. The third-order valence-electron chi connectivity index (χ3n) is 5.85. The molecule has 4 rings (SSSR count). The van der Waals surface area contributed by atoms with Gasteiger partial charge in [-0.05, 0) is 55.6 Å². The Hall–Kier alpha value is -2.04. The van der Waals surface area contributed by atoms with Gasteiger partial charge in [-0.15, -0.1) is 0 Å². The van der Waals surface area contributed by atoms with Crippen molar-refractivity contribution >= 4 is 0 Å². The predicted molar refractivity (Wildman–Crippen MR) is 108 cm³/mol. The van der Waals surface area contributed by atoms with Gasteiger partial charge in [-0.3, -0.25) is 4.90 Å². The molecule has 0 aliphatic carbocycles. The summed E-state index contributed by atoms with van der Waals surface area (Å²) in [7, 11) is 1.73. The number of piperidine rings is 1. The number of hydrogen-bond acceptors (Lipinski definition) is 4. The second kappa shape index (κ2) is 8.77. The third-order valence-corrected chi connectivity index (χ3v) is 5.85. The van der Waals surface area contributed by atoms with Crippen LogP contribution in [0.2, 0.25) is 0 Å². The lowest BCUT2D eigenvalue weighted by atomic mass is 9.93. The molecule has 1 N–H and O–H groups in total. The van der Waals surface area contributed by atoms with Crippen molar-refractivity contribution in [2.45, 2.75) is 31.8 Å². The van der Waals surface area contributed by atoms with Gasteiger partial charge in [-0.25, -0.2) is 0 Å². The highest BCUT2D eigenvalue weighted by molar-refractivity contribution is 5.43. The zero-order valence-electron chi connectivity index (χ0n) is 16.2. The lowest BCUT2D eigenvalue weighted by molar-refractivity contribution is 0.106. The summed E-state index contributed by atoms with van der Waals surface area (Å²) in [6, 6.07) is 17.4. The Labute approximate surface area is 162 Å². The lowest BCUT2D eigenvalue weighted by Gasteiger charge is -2.38. The molecule has 2 aromatic carbocycles. The number of ether oxygens (including phenoxy) is 2. The molecule has 2 aliphatic heterocycles. The van der Waals surface area contributed by atoms with Crippen LogP contribution in [0.15, 0.2) is 48.5 Å². The fourth-order valence-corrected chi connectivity index (χ4v) is 4.38. The summed E-state index contributed by atoms with van der Waals surface area (Å²) in [5.41, 5.74) is 2.65. The molecule has 0 spiro atoms. The number of nitrogens with zero attached hydrogens (tertiary/aromatic N) is 1. The molecule has 0 amide bonds. The van der Waals surface area contributed by atoms with E-state index in [1.807, 2.05) is 6.07 Å². The largest absolute Gasteiger partial charge is 0.497 e. The van der Waals surface area contributed by atoms with Gasteiger partial charge in [0.25, 0.3) is 0 Å². The fourth-order valence-electron chi connectivity index (χ4n) is 4.38. The molecule has 0 radical (unpaired) electrons. The quantitative estimate of drug-likeness (QED) is 0.837. The summed E-state index contributed by atoms with van der Waals surface area (Å²) in [6.45, 7) is 5.18. The van der Waals surface area contributed by atoms with Crippen molar-refractivity contribution in [3.05, 3.63) is 59.7 Å². The van der Waals surface area contributed by atoms with E-state index < -0.39 is 0 Å². The average molecular weight is 367 g/mol. The van der Waals surface area contributed by atoms with Crippen LogP contribution in [-0.4, -0.2) is 38.3 Å². The number of nitrogens with one attached hydrogen (secondary N) is 1. The summed E-state index contributed by atoms with van der Waals surface area (Å²) in [5, 5.41) is 3.49. The minimum atomic E-state index is 0.374. The Bertz CT molecular complexity index is 728. The smallest absolute Gasteiger partial charge is 0.124 e. The second-order valence-corrected chi connectivity index (χ2v) is 7.67. The van der Waals surface area contributed by atoms with E-state index in [1.165, 1.54) is 24.0 Å². The first-order chi connectivity index (χ1) is 13.3. The zero-order chi connectivity index (χ0) is 18.5. The van der Waals surface area contributed by atoms with Gasteiger partial charge >= 0.3 is 0 Å². The number of fused-ring (bicyclic) bond motifs is 1. The molecule has 1 atom stereocenters. The first-order valence-corrected chi connectivity index (χ1v) is 10.1. The van der Waals surface area contributed by atoms with Crippen molar-refractivity contribution < 1.29 is 9.47 Å². The Balaban J connectivity index is 1.61. The third kappa shape index (κ3) is 4.45. The van der Waals surface area contributed by atoms with Gasteiger partial charge in [0.15, 0.2) is 0 Å². The molecule has 4 nitrogen and oxygen atoms in total. The SMILES string of the molecule is COc1ccc2c(c1)C(N(Cc1ccccc1)CC1CCNCC1)CCO2. The topological polar surface area (TPSA) is 33.7 Å². The normalized spacial score (nSPS) is 20.1. The standard InChI is InChI=1S/C23H30N2O2/c1-26-20-7-8-23-21(15-20)22(11-14-27-23)25(16-18-5-3-2-4-6-18)17-19-9-12-24-13-10-19/h2-8,15,19,22,24H,9-14,16-17H2,1H3. The van der Waals surface area contributed by atoms with Crippen LogP contribution in [-0.2, 0) is 6.54 Å². The van der Waals surface area contributed by atoms with Crippen LogP contribution >= 0.6 is 0 Å². The minimum Gasteiger partial charge on any atom is -0.497 e. The van der Waals surface area contributed by atoms with Crippen LogP contribution in [0, 0.1) is 5.92 Å². The molecule has 27 heavy (non-hydrogen) atoms. The number of methoxy groups -OCH3 is 1. The molecule has 1 unspecified atom stereocenters. The Morgan fingerprint density at radius 2 is 1.89 bits per heavy atom. The Morgan fingerprint density at radius 1 is 1.07 bits per heavy atom. The van der Waals surface area contributed by atoms with Crippen molar-refractivity contribution in [3.8, 4) is 11.5 Å². The Morgan fingerprint density at radius 3 is 2.67 bits per heavy atom. The molecule has 0 aromatic heterocycles. The number of benzene rings is 2. The van der Waals surface area contributed by atoms with Crippen LogP contribution < -0.4 is 14.8 Å². The lowest BCUT2D eigenvalue weighted by Crippen LogP contribution is -2.39. The molecule has 2 heterocycles. The van der Waals surface area contributed by atoms with E-state index >= 15 is 0 Å². The van der Waals surface area contributed by atoms with Crippen LogP contribution in [0.3, 0.4) is 0 Å². The van der Waals surface area contributed by atoms with Crippen LogP contribution in [0.1, 0.15) is 36.4 Å². The molecular formula is C23H30N2O2. The monoisotopic (exact) mass is 366 g/mol. The van der Waals surface area contributed by atoms with E-state index in [0.29, 0.717) is 6.04 Å². The maximum Gasteiger partial charge on any atom is 0.124 e. The first-order valence-electron chi connectivity index (χ1n) is 10.1. The van der Waals surface area contributed by atoms with E-state index in [4.69, 9.17) is 9.47 Å². The summed E-state index contributed by atoms with van der Waals surface area (Å²) < 4.78 is 11.4. The second-order valence-electron chi connectivity index (χ2n) is 7.67. The van der Waals surface area contributed by atoms with Gasteiger partial charge in [-0.1, -0.05) is 30.3 Å². The number of hydrogen-bond donors (Lipinski definition) is 1. The summed E-state index contributed by atoms with van der Waals surface area (Å²) >= 11 is 0. The van der Waals surface area contributed by atoms with Crippen molar-refractivity contribution in [1.82, 2.24) is 10.2 Å². The number of rotatable bonds is 6. The molecule has 1 fully saturated rings. The van der Waals surface area contributed by atoms with Crippen molar-refractivity contribution in [1.29, 1.82) is 0 Å². The van der Waals surface area contributed by atoms with Crippen LogP contribution in [0.5, 0.6) is 11.5 Å². The maximum absolute atomic E-state index is 5.95.